The van der Waals surface area contributed by atoms with E-state index in [1.54, 1.807) is 16.4 Å². The third kappa shape index (κ3) is 4.93. The quantitative estimate of drug-likeness (QED) is 0.396. The number of anilines is 2. The van der Waals surface area contributed by atoms with Gasteiger partial charge >= 0.3 is 0 Å². The summed E-state index contributed by atoms with van der Waals surface area (Å²) in [6, 6.07) is 12.4. The molecule has 7 nitrogen and oxygen atoms in total. The number of nitrogens with zero attached hydrogens (tertiary/aromatic N) is 5. The Morgan fingerprint density at radius 1 is 1.08 bits per heavy atom. The molecule has 1 aromatic carbocycles. The van der Waals surface area contributed by atoms with E-state index in [2.05, 4.69) is 34.9 Å². The zero-order valence-corrected chi connectivity index (χ0v) is 22.6. The number of piperazine rings is 1. The monoisotopic (exact) mass is 521 g/mol. The molecule has 188 valence electrons. The van der Waals surface area contributed by atoms with Crippen LogP contribution in [0.15, 0.2) is 40.0 Å². The second kappa shape index (κ2) is 11.3. The number of rotatable bonds is 7. The van der Waals surface area contributed by atoms with Gasteiger partial charge in [0.1, 0.15) is 21.8 Å². The highest BCUT2D eigenvalue weighted by Gasteiger charge is 2.32. The number of amides is 1. The topological polar surface area (TPSA) is 72.6 Å². The van der Waals surface area contributed by atoms with Gasteiger partial charge in [0.15, 0.2) is 0 Å². The van der Waals surface area contributed by atoms with Gasteiger partial charge in [-0.05, 0) is 44.0 Å². The van der Waals surface area contributed by atoms with Crippen molar-refractivity contribution in [1.29, 1.82) is 5.26 Å². The summed E-state index contributed by atoms with van der Waals surface area (Å²) in [5, 5.41) is 9.87. The fourth-order valence-corrected chi connectivity index (χ4v) is 6.09. The molecule has 4 rings (SSSR count). The Morgan fingerprint density at radius 3 is 2.33 bits per heavy atom. The molecule has 2 aliphatic rings. The van der Waals surface area contributed by atoms with Crippen LogP contribution in [0.2, 0.25) is 0 Å². The van der Waals surface area contributed by atoms with Gasteiger partial charge in [-0.1, -0.05) is 55.5 Å². The highest BCUT2D eigenvalue weighted by Crippen LogP contribution is 2.36. The molecule has 0 saturated carbocycles. The predicted octanol–water partition coefficient (Wildman–Crippen LogP) is 4.38. The molecule has 36 heavy (non-hydrogen) atoms. The lowest BCUT2D eigenvalue weighted by atomic mass is 10.0. The summed E-state index contributed by atoms with van der Waals surface area (Å²) in [6.07, 6.45) is 3.59. The molecule has 2 saturated heterocycles. The first-order valence-electron chi connectivity index (χ1n) is 12.4. The summed E-state index contributed by atoms with van der Waals surface area (Å²) in [4.78, 5) is 33.2. The molecule has 0 N–H and O–H groups in total. The van der Waals surface area contributed by atoms with Crippen LogP contribution in [0.3, 0.4) is 0 Å². The van der Waals surface area contributed by atoms with Crippen LogP contribution in [0.25, 0.3) is 6.08 Å². The molecule has 1 aromatic heterocycles. The maximum absolute atomic E-state index is 13.5. The largest absolute Gasteiger partial charge is 0.368 e. The van der Waals surface area contributed by atoms with E-state index in [-0.39, 0.29) is 17.0 Å². The summed E-state index contributed by atoms with van der Waals surface area (Å²) in [7, 11) is 0. The van der Waals surface area contributed by atoms with Gasteiger partial charge < -0.3 is 9.80 Å². The molecule has 2 aliphatic heterocycles. The average molecular weight is 522 g/mol. The van der Waals surface area contributed by atoms with E-state index in [1.807, 2.05) is 31.2 Å². The predicted molar refractivity (Wildman–Crippen MR) is 151 cm³/mol. The van der Waals surface area contributed by atoms with Crippen molar-refractivity contribution in [2.45, 2.75) is 40.2 Å². The number of para-hydroxylation sites is 1. The highest BCUT2D eigenvalue weighted by molar-refractivity contribution is 8.26. The number of hydrogen-bond donors (Lipinski definition) is 0. The van der Waals surface area contributed by atoms with Gasteiger partial charge in [-0.15, -0.1) is 0 Å². The highest BCUT2D eigenvalue weighted by atomic mass is 32.2. The number of pyridine rings is 1. The fourth-order valence-electron chi connectivity index (χ4n) is 4.73. The second-order valence-corrected chi connectivity index (χ2v) is 10.6. The fraction of sp³-hybridized carbons (Fsp3) is 0.407. The number of thioether (sulfide) groups is 1. The van der Waals surface area contributed by atoms with Crippen LogP contribution in [0.5, 0.6) is 0 Å². The molecule has 3 heterocycles. The van der Waals surface area contributed by atoms with Gasteiger partial charge in [-0.3, -0.25) is 19.1 Å². The number of nitriles is 1. The third-order valence-corrected chi connectivity index (χ3v) is 8.13. The van der Waals surface area contributed by atoms with Crippen molar-refractivity contribution in [3.8, 4) is 6.07 Å². The first-order chi connectivity index (χ1) is 17.4. The van der Waals surface area contributed by atoms with Gasteiger partial charge in [-0.25, -0.2) is 0 Å². The van der Waals surface area contributed by atoms with Crippen molar-refractivity contribution < 1.29 is 4.79 Å². The molecular formula is C27H31N5O2S2. The van der Waals surface area contributed by atoms with Gasteiger partial charge in [0.2, 0.25) is 0 Å². The summed E-state index contributed by atoms with van der Waals surface area (Å²) in [6.45, 7) is 9.88. The lowest BCUT2D eigenvalue weighted by molar-refractivity contribution is -0.121. The molecule has 0 bridgehead atoms. The van der Waals surface area contributed by atoms with Crippen molar-refractivity contribution in [2.75, 3.05) is 42.5 Å². The van der Waals surface area contributed by atoms with Gasteiger partial charge in [0, 0.05) is 50.5 Å². The Morgan fingerprint density at radius 2 is 1.75 bits per heavy atom. The first kappa shape index (κ1) is 26.0. The lowest BCUT2D eigenvalue weighted by Crippen LogP contribution is -2.48. The van der Waals surface area contributed by atoms with E-state index in [0.717, 1.165) is 50.4 Å². The van der Waals surface area contributed by atoms with E-state index in [4.69, 9.17) is 12.2 Å². The minimum absolute atomic E-state index is 0.128. The molecule has 2 fully saturated rings. The summed E-state index contributed by atoms with van der Waals surface area (Å²) in [5.41, 5.74) is 2.42. The van der Waals surface area contributed by atoms with Crippen molar-refractivity contribution in [2.24, 2.45) is 0 Å². The van der Waals surface area contributed by atoms with E-state index in [9.17, 15) is 14.9 Å². The van der Waals surface area contributed by atoms with Gasteiger partial charge in [-0.2, -0.15) is 5.26 Å². The zero-order chi connectivity index (χ0) is 25.8. The number of thiocarbonyl (C=S) groups is 1. The van der Waals surface area contributed by atoms with Crippen LogP contribution in [-0.4, -0.2) is 52.4 Å². The normalized spacial score (nSPS) is 17.3. The van der Waals surface area contributed by atoms with Crippen molar-refractivity contribution >= 4 is 51.8 Å². The maximum atomic E-state index is 13.5. The average Bonchev–Trinajstić information content (AvgIpc) is 3.17. The Hall–Kier alpha value is -3.09. The Labute approximate surface area is 222 Å². The zero-order valence-electron chi connectivity index (χ0n) is 21.0. The molecule has 1 amide bonds. The van der Waals surface area contributed by atoms with E-state index in [0.29, 0.717) is 27.9 Å². The van der Waals surface area contributed by atoms with Crippen LogP contribution < -0.4 is 15.4 Å². The van der Waals surface area contributed by atoms with Crippen molar-refractivity contribution in [1.82, 2.24) is 9.47 Å². The summed E-state index contributed by atoms with van der Waals surface area (Å²) < 4.78 is 2.28. The number of aromatic nitrogens is 1. The molecule has 0 unspecified atom stereocenters. The summed E-state index contributed by atoms with van der Waals surface area (Å²) in [5.74, 6) is 0.663. The van der Waals surface area contributed by atoms with Crippen LogP contribution >= 0.6 is 24.0 Å². The number of likely N-dealkylation sites (N-methyl/N-ethyl adjacent to an activating group) is 1. The maximum Gasteiger partial charge on any atom is 0.270 e. The van der Waals surface area contributed by atoms with Gasteiger partial charge in [0.25, 0.3) is 11.5 Å². The Balaban J connectivity index is 1.81. The van der Waals surface area contributed by atoms with Gasteiger partial charge in [0.05, 0.1) is 4.91 Å². The Kier molecular flexibility index (Phi) is 8.17. The van der Waals surface area contributed by atoms with E-state index < -0.39 is 0 Å². The van der Waals surface area contributed by atoms with E-state index in [1.165, 1.54) is 17.4 Å². The molecule has 0 atom stereocenters. The molecule has 0 radical (unpaired) electrons. The van der Waals surface area contributed by atoms with Crippen LogP contribution in [0, 0.1) is 18.3 Å². The number of hydrogen-bond acceptors (Lipinski definition) is 7. The standard InChI is InChI=1S/C27H31N5O2S2/c1-4-6-12-32-24(30-15-13-29(14-16-30)20-10-8-7-9-11-20)21(19(3)22(18-28)25(32)33)17-23-26(34)31(5-2)27(35)36-23/h7-11,17H,4-6,12-16H2,1-3H3/b23-17-. The number of benzene rings is 1. The second-order valence-electron chi connectivity index (χ2n) is 8.90. The minimum Gasteiger partial charge on any atom is -0.368 e. The minimum atomic E-state index is -0.262. The molecular weight excluding hydrogens is 490 g/mol. The van der Waals surface area contributed by atoms with Crippen LogP contribution in [0.4, 0.5) is 11.5 Å². The number of unbranched alkanes of at least 4 members (excludes halogenated alkanes) is 1. The van der Waals surface area contributed by atoms with Crippen LogP contribution in [-0.2, 0) is 11.3 Å². The molecule has 0 spiro atoms. The first-order valence-corrected chi connectivity index (χ1v) is 13.6. The third-order valence-electron chi connectivity index (χ3n) is 6.75. The number of carbonyl (C=O) groups excluding carboxylic acids is 1. The molecule has 9 heteroatoms. The van der Waals surface area contributed by atoms with E-state index >= 15 is 0 Å². The SMILES string of the molecule is CCCCn1c(N2CCN(c3ccccc3)CC2)c(/C=C2\SC(=S)N(CC)C2=O)c(C)c(C#N)c1=O. The van der Waals surface area contributed by atoms with Crippen molar-refractivity contribution in [3.05, 3.63) is 62.3 Å². The number of carbonyl (C=O) groups is 1. The lowest BCUT2D eigenvalue weighted by Gasteiger charge is -2.39. The van der Waals surface area contributed by atoms with Crippen LogP contribution in [0.1, 0.15) is 43.4 Å². The summed E-state index contributed by atoms with van der Waals surface area (Å²) >= 11 is 6.69. The van der Waals surface area contributed by atoms with Crippen molar-refractivity contribution in [3.63, 3.8) is 0 Å². The smallest absolute Gasteiger partial charge is 0.270 e. The molecule has 2 aromatic rings. The Bertz CT molecular complexity index is 1290. The molecule has 0 aliphatic carbocycles.